The molecule has 0 saturated heterocycles. The molecule has 1 aliphatic heterocycles. The first-order valence-corrected chi connectivity index (χ1v) is 6.68. The largest absolute Gasteiger partial charge is 0.500 e. The third-order valence-electron chi connectivity index (χ3n) is 3.35. The number of nitro benzene ring substituents is 1. The first kappa shape index (κ1) is 14.6. The minimum absolute atomic E-state index is 0.00842. The Morgan fingerprint density at radius 1 is 1.39 bits per heavy atom. The molecule has 23 heavy (non-hydrogen) atoms. The first-order valence-electron chi connectivity index (χ1n) is 6.68. The number of nitro groups is 1. The van der Waals surface area contributed by atoms with Crippen LogP contribution in [0.5, 0.6) is 11.5 Å². The molecule has 0 fully saturated rings. The predicted molar refractivity (Wildman–Crippen MR) is 82.6 cm³/mol. The quantitative estimate of drug-likeness (QED) is 0.529. The van der Waals surface area contributed by atoms with Gasteiger partial charge < -0.3 is 9.84 Å². The van der Waals surface area contributed by atoms with E-state index in [1.54, 1.807) is 0 Å². The molecule has 0 bridgehead atoms. The van der Waals surface area contributed by atoms with Gasteiger partial charge in [0.05, 0.1) is 17.7 Å². The smallest absolute Gasteiger partial charge is 0.315 e. The normalized spacial score (nSPS) is 15.8. The number of phenols is 1. The number of rotatable bonds is 4. The Labute approximate surface area is 130 Å². The summed E-state index contributed by atoms with van der Waals surface area (Å²) in [4.78, 5) is 14.6. The van der Waals surface area contributed by atoms with Crippen molar-refractivity contribution in [1.82, 2.24) is 0 Å². The van der Waals surface area contributed by atoms with Crippen molar-refractivity contribution in [3.8, 4) is 11.5 Å². The third-order valence-corrected chi connectivity index (χ3v) is 3.35. The SMILES string of the molecule is COc1cc(/C=N\C2N=Nc3ccccc32)cc([N+](=O)[O-])c1O. The van der Waals surface area contributed by atoms with Crippen LogP contribution in [0.25, 0.3) is 0 Å². The Morgan fingerprint density at radius 3 is 2.91 bits per heavy atom. The summed E-state index contributed by atoms with van der Waals surface area (Å²) in [6.07, 6.45) is 0.964. The number of phenolic OH excluding ortho intramolecular Hbond substituents is 1. The van der Waals surface area contributed by atoms with E-state index in [9.17, 15) is 15.2 Å². The van der Waals surface area contributed by atoms with Gasteiger partial charge in [0.1, 0.15) is 0 Å². The van der Waals surface area contributed by atoms with E-state index in [-0.39, 0.29) is 5.75 Å². The van der Waals surface area contributed by atoms with Crippen molar-refractivity contribution in [3.63, 3.8) is 0 Å². The van der Waals surface area contributed by atoms with Crippen molar-refractivity contribution in [1.29, 1.82) is 0 Å². The molecular formula is C15H12N4O4. The van der Waals surface area contributed by atoms with Gasteiger partial charge in [-0.3, -0.25) is 15.1 Å². The number of benzene rings is 2. The predicted octanol–water partition coefficient (Wildman–Crippen LogP) is 3.52. The van der Waals surface area contributed by atoms with E-state index in [0.717, 1.165) is 11.3 Å². The zero-order valence-corrected chi connectivity index (χ0v) is 12.1. The van der Waals surface area contributed by atoms with Crippen LogP contribution in [-0.4, -0.2) is 23.4 Å². The molecule has 0 spiro atoms. The van der Waals surface area contributed by atoms with Crippen molar-refractivity contribution in [2.45, 2.75) is 6.17 Å². The maximum absolute atomic E-state index is 11.0. The minimum Gasteiger partial charge on any atom is -0.500 e. The van der Waals surface area contributed by atoms with Crippen LogP contribution in [0.4, 0.5) is 11.4 Å². The van der Waals surface area contributed by atoms with Gasteiger partial charge in [-0.1, -0.05) is 18.2 Å². The Morgan fingerprint density at radius 2 is 2.17 bits per heavy atom. The highest BCUT2D eigenvalue weighted by Gasteiger charge is 2.21. The molecule has 0 aliphatic carbocycles. The Balaban J connectivity index is 1.93. The van der Waals surface area contributed by atoms with Gasteiger partial charge in [0, 0.05) is 23.4 Å². The Kier molecular flexibility index (Phi) is 3.71. The van der Waals surface area contributed by atoms with Crippen molar-refractivity contribution in [3.05, 3.63) is 57.6 Å². The van der Waals surface area contributed by atoms with Crippen LogP contribution in [0.3, 0.4) is 0 Å². The van der Waals surface area contributed by atoms with Crippen LogP contribution >= 0.6 is 0 Å². The molecule has 1 atom stereocenters. The van der Waals surface area contributed by atoms with Crippen molar-refractivity contribution < 1.29 is 14.8 Å². The molecule has 0 saturated carbocycles. The maximum atomic E-state index is 11.0. The molecule has 1 unspecified atom stereocenters. The van der Waals surface area contributed by atoms with Gasteiger partial charge in [-0.05, 0) is 12.1 Å². The van der Waals surface area contributed by atoms with Gasteiger partial charge in [0.25, 0.3) is 0 Å². The van der Waals surface area contributed by atoms with Gasteiger partial charge in [-0.2, -0.15) is 10.2 Å². The Hall–Kier alpha value is -3.29. The van der Waals surface area contributed by atoms with Crippen molar-refractivity contribution in [2.24, 2.45) is 15.2 Å². The number of ether oxygens (including phenoxy) is 1. The lowest BCUT2D eigenvalue weighted by molar-refractivity contribution is -0.386. The van der Waals surface area contributed by atoms with Gasteiger partial charge >= 0.3 is 5.69 Å². The average molecular weight is 312 g/mol. The molecule has 0 radical (unpaired) electrons. The molecule has 1 aliphatic rings. The topological polar surface area (TPSA) is 110 Å². The summed E-state index contributed by atoms with van der Waals surface area (Å²) in [7, 11) is 1.32. The lowest BCUT2D eigenvalue weighted by Gasteiger charge is -2.05. The Bertz CT molecular complexity index is 832. The monoisotopic (exact) mass is 312 g/mol. The summed E-state index contributed by atoms with van der Waals surface area (Å²) in [5.41, 5.74) is 1.60. The fourth-order valence-electron chi connectivity index (χ4n) is 2.23. The highest BCUT2D eigenvalue weighted by Crippen LogP contribution is 2.38. The number of hydrogen-bond acceptors (Lipinski definition) is 7. The second-order valence-corrected chi connectivity index (χ2v) is 4.77. The molecule has 1 heterocycles. The van der Waals surface area contributed by atoms with E-state index in [2.05, 4.69) is 15.2 Å². The third kappa shape index (κ3) is 2.73. The fraction of sp³-hybridized carbons (Fsp3) is 0.133. The highest BCUT2D eigenvalue weighted by atomic mass is 16.6. The number of methoxy groups -OCH3 is 1. The second-order valence-electron chi connectivity index (χ2n) is 4.77. The lowest BCUT2D eigenvalue weighted by atomic mass is 10.1. The number of hydrogen-bond donors (Lipinski definition) is 1. The number of fused-ring (bicyclic) bond motifs is 1. The molecular weight excluding hydrogens is 300 g/mol. The van der Waals surface area contributed by atoms with Crippen LogP contribution in [0.2, 0.25) is 0 Å². The average Bonchev–Trinajstić information content (AvgIpc) is 2.97. The molecule has 116 valence electrons. The molecule has 3 rings (SSSR count). The van der Waals surface area contributed by atoms with Crippen molar-refractivity contribution >= 4 is 17.6 Å². The van der Waals surface area contributed by atoms with E-state index in [0.29, 0.717) is 5.56 Å². The molecule has 2 aromatic carbocycles. The minimum atomic E-state index is -0.681. The summed E-state index contributed by atoms with van der Waals surface area (Å²) in [6.45, 7) is 0. The van der Waals surface area contributed by atoms with E-state index in [1.165, 1.54) is 25.5 Å². The summed E-state index contributed by atoms with van der Waals surface area (Å²) in [5.74, 6) is -0.505. The fourth-order valence-corrected chi connectivity index (χ4v) is 2.23. The van der Waals surface area contributed by atoms with E-state index in [4.69, 9.17) is 4.74 Å². The van der Waals surface area contributed by atoms with E-state index < -0.39 is 22.5 Å². The summed E-state index contributed by atoms with van der Waals surface area (Å²) in [5, 5.41) is 28.8. The lowest BCUT2D eigenvalue weighted by Crippen LogP contribution is -1.95. The summed E-state index contributed by atoms with van der Waals surface area (Å²) < 4.78 is 4.95. The number of aliphatic imine (C=N–C) groups is 1. The van der Waals surface area contributed by atoms with Crippen LogP contribution < -0.4 is 4.74 Å². The molecule has 8 nitrogen and oxygen atoms in total. The van der Waals surface area contributed by atoms with E-state index in [1.807, 2.05) is 24.3 Å². The van der Waals surface area contributed by atoms with E-state index >= 15 is 0 Å². The number of azo groups is 1. The molecule has 8 heteroatoms. The summed E-state index contributed by atoms with van der Waals surface area (Å²) in [6, 6.07) is 10.1. The number of nitrogens with zero attached hydrogens (tertiary/aromatic N) is 4. The van der Waals surface area contributed by atoms with Gasteiger partial charge in [0.15, 0.2) is 11.9 Å². The first-order chi connectivity index (χ1) is 11.1. The second kappa shape index (κ2) is 5.84. The van der Waals surface area contributed by atoms with Crippen LogP contribution in [0, 0.1) is 10.1 Å². The molecule has 1 N–H and O–H groups in total. The zero-order chi connectivity index (χ0) is 16.4. The van der Waals surface area contributed by atoms with Crippen LogP contribution in [-0.2, 0) is 0 Å². The van der Waals surface area contributed by atoms with Gasteiger partial charge in [0.2, 0.25) is 5.75 Å². The summed E-state index contributed by atoms with van der Waals surface area (Å²) >= 11 is 0. The molecule has 2 aromatic rings. The van der Waals surface area contributed by atoms with Gasteiger partial charge in [-0.25, -0.2) is 0 Å². The van der Waals surface area contributed by atoms with Gasteiger partial charge in [-0.15, -0.1) is 0 Å². The standard InChI is InChI=1S/C15H12N4O4/c1-23-13-7-9(6-12(14(13)20)19(21)22)8-16-15-10-4-2-3-5-11(10)17-18-15/h2-8,15,20H,1H3/b16-8-. The maximum Gasteiger partial charge on any atom is 0.315 e. The van der Waals surface area contributed by atoms with Crippen LogP contribution in [0.15, 0.2) is 51.6 Å². The van der Waals surface area contributed by atoms with Crippen molar-refractivity contribution in [2.75, 3.05) is 7.11 Å². The molecule has 0 amide bonds. The molecule has 0 aromatic heterocycles. The van der Waals surface area contributed by atoms with Crippen LogP contribution in [0.1, 0.15) is 17.3 Å². The zero-order valence-electron chi connectivity index (χ0n) is 12.1. The highest BCUT2D eigenvalue weighted by molar-refractivity contribution is 5.83. The number of aromatic hydroxyl groups is 1.